The Morgan fingerprint density at radius 2 is 1.68 bits per heavy atom. The van der Waals surface area contributed by atoms with E-state index in [1.165, 1.54) is 6.07 Å². The molecule has 0 saturated heterocycles. The van der Waals surface area contributed by atoms with E-state index in [0.29, 0.717) is 4.90 Å². The highest BCUT2D eigenvalue weighted by Crippen LogP contribution is 2.30. The van der Waals surface area contributed by atoms with Gasteiger partial charge in [0.25, 0.3) is 10.1 Å². The van der Waals surface area contributed by atoms with Gasteiger partial charge in [0.1, 0.15) is 0 Å². The molecule has 102 valence electrons. The lowest BCUT2D eigenvalue weighted by Crippen LogP contribution is -2.14. The number of nitrogens with two attached hydrogens (primary N) is 1. The Kier molecular flexibility index (Phi) is 3.35. The van der Waals surface area contributed by atoms with Crippen molar-refractivity contribution in [2.24, 2.45) is 5.14 Å². The van der Waals surface area contributed by atoms with Crippen molar-refractivity contribution in [2.45, 2.75) is 14.7 Å². The Morgan fingerprint density at radius 1 is 1.05 bits per heavy atom. The van der Waals surface area contributed by atoms with E-state index in [0.717, 1.165) is 12.1 Å². The molecule has 0 fully saturated rings. The normalized spacial score (nSPS) is 12.8. The molecule has 9 heteroatoms. The van der Waals surface area contributed by atoms with Crippen molar-refractivity contribution in [1.82, 2.24) is 0 Å². The van der Waals surface area contributed by atoms with Crippen LogP contribution < -0.4 is 5.14 Å². The molecule has 0 radical (unpaired) electrons. The summed E-state index contributed by atoms with van der Waals surface area (Å²) in [5.41, 5.74) is 0. The van der Waals surface area contributed by atoms with Crippen LogP contribution in [0.3, 0.4) is 0 Å². The number of thiol groups is 1. The summed E-state index contributed by atoms with van der Waals surface area (Å²) in [7, 11) is -8.69. The van der Waals surface area contributed by atoms with Crippen molar-refractivity contribution in [3.8, 4) is 0 Å². The minimum absolute atomic E-state index is 0.238. The highest BCUT2D eigenvalue weighted by molar-refractivity contribution is 7.89. The molecule has 3 N–H and O–H groups in total. The molecule has 6 nitrogen and oxygen atoms in total. The van der Waals surface area contributed by atoms with Crippen molar-refractivity contribution in [2.75, 3.05) is 0 Å². The SMILES string of the molecule is NS(=O)(=O)c1cc(S(=O)(=O)O)cc2c(S)cccc12. The van der Waals surface area contributed by atoms with Gasteiger partial charge in [-0.15, -0.1) is 12.6 Å². The average Bonchev–Trinajstić information content (AvgIpc) is 2.25. The highest BCUT2D eigenvalue weighted by atomic mass is 32.2. The summed E-state index contributed by atoms with van der Waals surface area (Å²) in [6.45, 7) is 0. The number of sulfonamides is 1. The van der Waals surface area contributed by atoms with E-state index < -0.39 is 25.0 Å². The number of rotatable bonds is 2. The Labute approximate surface area is 115 Å². The fraction of sp³-hybridized carbons (Fsp3) is 0. The van der Waals surface area contributed by atoms with E-state index in [1.807, 2.05) is 0 Å². The van der Waals surface area contributed by atoms with Gasteiger partial charge in [0, 0.05) is 10.3 Å². The third kappa shape index (κ3) is 2.74. The molecule has 0 aromatic heterocycles. The molecule has 2 rings (SSSR count). The van der Waals surface area contributed by atoms with Crippen LogP contribution in [0.4, 0.5) is 0 Å². The van der Waals surface area contributed by atoms with Gasteiger partial charge in [0.15, 0.2) is 0 Å². The molecule has 0 atom stereocenters. The van der Waals surface area contributed by atoms with Gasteiger partial charge in [0.05, 0.1) is 9.79 Å². The molecular formula is C10H9NO5S3. The fourth-order valence-electron chi connectivity index (χ4n) is 1.69. The lowest BCUT2D eigenvalue weighted by atomic mass is 10.1. The van der Waals surface area contributed by atoms with Crippen LogP contribution in [-0.2, 0) is 20.1 Å². The molecule has 0 aliphatic rings. The summed E-state index contributed by atoms with van der Waals surface area (Å²) in [6.07, 6.45) is 0. The van der Waals surface area contributed by atoms with E-state index in [9.17, 15) is 16.8 Å². The predicted octanol–water partition coefficient (Wildman–Crippen LogP) is 1.02. The van der Waals surface area contributed by atoms with Gasteiger partial charge in [-0.05, 0) is 23.6 Å². The minimum Gasteiger partial charge on any atom is -0.282 e. The molecule has 2 aromatic rings. The van der Waals surface area contributed by atoms with E-state index >= 15 is 0 Å². The molecular weight excluding hydrogens is 310 g/mol. The number of primary sulfonamides is 1. The minimum atomic E-state index is -4.55. The summed E-state index contributed by atoms with van der Waals surface area (Å²) >= 11 is 4.12. The van der Waals surface area contributed by atoms with Gasteiger partial charge >= 0.3 is 0 Å². The average molecular weight is 319 g/mol. The standard InChI is InChI=1S/C10H9NO5S3/c11-18(12,13)10-5-6(19(14,15)16)4-8-7(10)2-1-3-9(8)17/h1-5,17H,(H2,11,12,13)(H,14,15,16). The fourth-order valence-corrected chi connectivity index (χ4v) is 3.35. The van der Waals surface area contributed by atoms with Gasteiger partial charge in [-0.2, -0.15) is 8.42 Å². The van der Waals surface area contributed by atoms with Crippen LogP contribution in [0.15, 0.2) is 45.0 Å². The van der Waals surface area contributed by atoms with Crippen LogP contribution in [0.2, 0.25) is 0 Å². The summed E-state index contributed by atoms with van der Waals surface area (Å²) in [5, 5.41) is 5.56. The van der Waals surface area contributed by atoms with Crippen molar-refractivity contribution in [3.05, 3.63) is 30.3 Å². The Balaban J connectivity index is 3.06. The first-order valence-corrected chi connectivity index (χ1v) is 8.30. The van der Waals surface area contributed by atoms with E-state index in [4.69, 9.17) is 9.69 Å². The molecule has 19 heavy (non-hydrogen) atoms. The second-order valence-corrected chi connectivity index (χ2v) is 7.25. The van der Waals surface area contributed by atoms with Crippen LogP contribution in [0.1, 0.15) is 0 Å². The molecule has 0 aliphatic carbocycles. The second kappa shape index (κ2) is 4.46. The first-order valence-electron chi connectivity index (χ1n) is 4.87. The smallest absolute Gasteiger partial charge is 0.282 e. The van der Waals surface area contributed by atoms with Gasteiger partial charge in [0.2, 0.25) is 10.0 Å². The summed E-state index contributed by atoms with van der Waals surface area (Å²) in [4.78, 5) is -0.563. The van der Waals surface area contributed by atoms with Gasteiger partial charge in [-0.25, -0.2) is 13.6 Å². The van der Waals surface area contributed by atoms with E-state index in [-0.39, 0.29) is 15.7 Å². The molecule has 0 saturated carbocycles. The Bertz CT molecular complexity index is 871. The number of hydrogen-bond donors (Lipinski definition) is 3. The maximum Gasteiger partial charge on any atom is 0.294 e. The first kappa shape index (κ1) is 14.3. The Hall–Kier alpha value is -1.13. The maximum atomic E-state index is 11.5. The quantitative estimate of drug-likeness (QED) is 0.565. The van der Waals surface area contributed by atoms with Crippen molar-refractivity contribution in [1.29, 1.82) is 0 Å². The van der Waals surface area contributed by atoms with Crippen molar-refractivity contribution in [3.63, 3.8) is 0 Å². The molecule has 2 aromatic carbocycles. The zero-order valence-corrected chi connectivity index (χ0v) is 11.8. The van der Waals surface area contributed by atoms with Crippen LogP contribution in [0.5, 0.6) is 0 Å². The summed E-state index contributed by atoms with van der Waals surface area (Å²) < 4.78 is 54.4. The molecule has 0 aliphatic heterocycles. The lowest BCUT2D eigenvalue weighted by molar-refractivity contribution is 0.483. The predicted molar refractivity (Wildman–Crippen MR) is 72.4 cm³/mol. The third-order valence-corrected chi connectivity index (χ3v) is 4.69. The van der Waals surface area contributed by atoms with Crippen LogP contribution in [0, 0.1) is 0 Å². The zero-order valence-electron chi connectivity index (χ0n) is 9.31. The maximum absolute atomic E-state index is 11.5. The Morgan fingerprint density at radius 3 is 2.21 bits per heavy atom. The molecule has 0 amide bonds. The van der Waals surface area contributed by atoms with Crippen molar-refractivity contribution >= 4 is 43.5 Å². The third-order valence-electron chi connectivity index (χ3n) is 2.51. The van der Waals surface area contributed by atoms with Crippen molar-refractivity contribution < 1.29 is 21.4 Å². The van der Waals surface area contributed by atoms with Crippen LogP contribution in [0.25, 0.3) is 10.8 Å². The topological polar surface area (TPSA) is 115 Å². The molecule has 0 unspecified atom stereocenters. The summed E-state index contributed by atoms with van der Waals surface area (Å²) in [6, 6.07) is 6.56. The lowest BCUT2D eigenvalue weighted by Gasteiger charge is -2.08. The monoisotopic (exact) mass is 319 g/mol. The number of benzene rings is 2. The van der Waals surface area contributed by atoms with E-state index in [2.05, 4.69) is 12.6 Å². The zero-order chi connectivity index (χ0) is 14.4. The van der Waals surface area contributed by atoms with Gasteiger partial charge in [-0.1, -0.05) is 12.1 Å². The largest absolute Gasteiger partial charge is 0.294 e. The van der Waals surface area contributed by atoms with Crippen LogP contribution in [-0.4, -0.2) is 21.4 Å². The number of fused-ring (bicyclic) bond motifs is 1. The van der Waals surface area contributed by atoms with Gasteiger partial charge < -0.3 is 0 Å². The summed E-state index contributed by atoms with van der Waals surface area (Å²) in [5.74, 6) is 0. The second-order valence-electron chi connectivity index (χ2n) is 3.81. The molecule has 0 heterocycles. The van der Waals surface area contributed by atoms with Crippen LogP contribution >= 0.6 is 12.6 Å². The molecule has 0 bridgehead atoms. The molecule has 0 spiro atoms. The number of hydrogen-bond acceptors (Lipinski definition) is 5. The first-order chi connectivity index (χ1) is 8.60. The van der Waals surface area contributed by atoms with E-state index in [1.54, 1.807) is 12.1 Å². The highest BCUT2D eigenvalue weighted by Gasteiger charge is 2.19. The van der Waals surface area contributed by atoms with Gasteiger partial charge in [-0.3, -0.25) is 4.55 Å².